The Morgan fingerprint density at radius 3 is 2.30 bits per heavy atom. The number of hydrogen-bond donors (Lipinski definition) is 3. The van der Waals surface area contributed by atoms with Crippen LogP contribution in [0.25, 0.3) is 0 Å². The number of Topliss-reactive ketones (excluding diaryl/α,β-unsaturated/α-hetero) is 1. The summed E-state index contributed by atoms with van der Waals surface area (Å²) in [7, 11) is 3.38. The number of amides is 4. The first-order valence-corrected chi connectivity index (χ1v) is 14.6. The number of likely N-dealkylation sites (tertiary alicyclic amines) is 1. The van der Waals surface area contributed by atoms with E-state index < -0.39 is 29.5 Å². The second-order valence-electron chi connectivity index (χ2n) is 11.4. The van der Waals surface area contributed by atoms with E-state index in [0.717, 1.165) is 5.75 Å². The lowest BCUT2D eigenvalue weighted by molar-refractivity contribution is -0.134. The Hall–Kier alpha value is -3.55. The van der Waals surface area contributed by atoms with Gasteiger partial charge in [-0.2, -0.15) is 0 Å². The fraction of sp³-hybridized carbons (Fsp3) is 0.633. The predicted molar refractivity (Wildman–Crippen MR) is 164 cm³/mol. The van der Waals surface area contributed by atoms with Crippen molar-refractivity contribution < 1.29 is 42.5 Å². The number of nitrogens with one attached hydrogen (secondary N) is 3. The largest absolute Gasteiger partial charge is 0.497 e. The van der Waals surface area contributed by atoms with Gasteiger partial charge in [-0.3, -0.25) is 28.9 Å². The molecule has 0 aliphatic carbocycles. The monoisotopic (exact) mass is 609 g/mol. The van der Waals surface area contributed by atoms with Crippen LogP contribution in [0, 0.1) is 12.8 Å². The van der Waals surface area contributed by atoms with E-state index in [1.165, 1.54) is 12.5 Å². The number of carbonyl (C=O) groups is 5. The molecule has 2 unspecified atom stereocenters. The summed E-state index contributed by atoms with van der Waals surface area (Å²) in [5, 5.41) is 7.75. The van der Waals surface area contributed by atoms with Crippen molar-refractivity contribution >= 4 is 29.4 Å². The van der Waals surface area contributed by atoms with Crippen LogP contribution in [0.4, 0.5) is 0 Å². The number of ketones is 1. The van der Waals surface area contributed by atoms with Gasteiger partial charge in [-0.1, -0.05) is 17.7 Å². The van der Waals surface area contributed by atoms with Crippen LogP contribution >= 0.6 is 0 Å². The van der Waals surface area contributed by atoms with E-state index in [9.17, 15) is 24.0 Å². The van der Waals surface area contributed by atoms with E-state index in [0.29, 0.717) is 39.3 Å². The molecule has 3 aliphatic heterocycles. The number of epoxide rings is 1. The van der Waals surface area contributed by atoms with Gasteiger partial charge in [0.25, 0.3) is 0 Å². The summed E-state index contributed by atoms with van der Waals surface area (Å²) in [6, 6.07) is 6.25. The molecule has 3 saturated heterocycles. The molecule has 0 bridgehead atoms. The van der Waals surface area contributed by atoms with E-state index in [1.807, 2.05) is 29.2 Å². The fourth-order valence-electron chi connectivity index (χ4n) is 4.80. The molecule has 3 aliphatic rings. The van der Waals surface area contributed by atoms with Crippen LogP contribution in [0.5, 0.6) is 5.75 Å². The Bertz CT molecular complexity index is 1150. The number of benzene rings is 1. The molecule has 4 amide bonds. The van der Waals surface area contributed by atoms with Gasteiger partial charge in [0.2, 0.25) is 23.6 Å². The molecule has 1 aromatic carbocycles. The van der Waals surface area contributed by atoms with Gasteiger partial charge in [-0.15, -0.1) is 0 Å². The summed E-state index contributed by atoms with van der Waals surface area (Å²) >= 11 is 0. The molecule has 4 rings (SSSR count). The summed E-state index contributed by atoms with van der Waals surface area (Å²) < 4.78 is 15.5. The Balaban J connectivity index is 0.00000146. The number of carbonyl (C=O) groups excluding carboxylic acids is 5. The van der Waals surface area contributed by atoms with E-state index >= 15 is 0 Å². The third-order valence-electron chi connectivity index (χ3n) is 7.73. The molecular weight excluding hydrogens is 558 g/mol. The summed E-state index contributed by atoms with van der Waals surface area (Å²) in [6.45, 7) is 8.37. The molecule has 0 spiro atoms. The summed E-state index contributed by atoms with van der Waals surface area (Å²) in [6.07, 6.45) is 0.805. The molecule has 3 fully saturated rings. The Morgan fingerprint density at radius 1 is 1.09 bits per heavy atom. The lowest BCUT2D eigenvalue weighted by Gasteiger charge is -2.26. The number of morpholine rings is 1. The second-order valence-corrected chi connectivity index (χ2v) is 11.4. The lowest BCUT2D eigenvalue weighted by atomic mass is 9.91. The Kier molecular flexibility index (Phi) is 12.5. The van der Waals surface area contributed by atoms with Crippen molar-refractivity contribution in [1.82, 2.24) is 25.8 Å². The molecule has 3 heterocycles. The number of methoxy groups -OCH3 is 1. The molecule has 13 heteroatoms. The number of aryl methyl sites for hydroxylation is 1. The number of hydrogen-bond acceptors (Lipinski definition) is 9. The Morgan fingerprint density at radius 2 is 1.74 bits per heavy atom. The minimum Gasteiger partial charge on any atom is -0.497 e. The standard InChI is InChI=1S/C22H35N5O7.C8H10O.3H2/c1-14(24-18(29)12-27-6-8-33-9-7-27)20(31)23-11-17(28)25-16(19(30)22(2)13-34-22)10-15-4-5-26(3)21(15)32;1-7-3-5-8(9-2)6-4-7;;;/h14-16H,4-13H2,1-3H3,(H,23,31)(H,24,29)(H,25,28);3-6H,1-2H3;3*1H/t14-,15?,16?,22+;;;;/m0..../s1. The van der Waals surface area contributed by atoms with Crippen molar-refractivity contribution in [2.75, 3.05) is 66.7 Å². The maximum atomic E-state index is 12.9. The van der Waals surface area contributed by atoms with Gasteiger partial charge < -0.3 is 35.1 Å². The summed E-state index contributed by atoms with van der Waals surface area (Å²) in [5.74, 6) is -1.12. The molecule has 0 saturated carbocycles. The summed E-state index contributed by atoms with van der Waals surface area (Å²) in [4.78, 5) is 65.7. The quantitative estimate of drug-likeness (QED) is 0.285. The molecule has 1 aromatic rings. The van der Waals surface area contributed by atoms with Gasteiger partial charge in [0.1, 0.15) is 17.4 Å². The number of rotatable bonds is 12. The fourth-order valence-corrected chi connectivity index (χ4v) is 4.80. The molecule has 3 N–H and O–H groups in total. The zero-order valence-electron chi connectivity index (χ0n) is 25.8. The maximum absolute atomic E-state index is 12.9. The maximum Gasteiger partial charge on any atom is 0.242 e. The lowest BCUT2D eigenvalue weighted by Crippen LogP contribution is -2.53. The van der Waals surface area contributed by atoms with Gasteiger partial charge in [0, 0.05) is 36.9 Å². The highest BCUT2D eigenvalue weighted by Crippen LogP contribution is 2.31. The average molecular weight is 610 g/mol. The molecule has 0 aromatic heterocycles. The van der Waals surface area contributed by atoms with E-state index in [1.54, 1.807) is 26.0 Å². The van der Waals surface area contributed by atoms with Crippen LogP contribution in [-0.2, 0) is 33.4 Å². The first kappa shape index (κ1) is 33.9. The van der Waals surface area contributed by atoms with Crippen molar-refractivity contribution in [3.63, 3.8) is 0 Å². The van der Waals surface area contributed by atoms with Gasteiger partial charge in [-0.05, 0) is 45.7 Å². The second kappa shape index (κ2) is 15.8. The van der Waals surface area contributed by atoms with Crippen molar-refractivity contribution in [3.05, 3.63) is 29.8 Å². The van der Waals surface area contributed by atoms with E-state index in [4.69, 9.17) is 14.2 Å². The normalized spacial score (nSPS) is 22.9. The third kappa shape index (κ3) is 10.6. The molecule has 43 heavy (non-hydrogen) atoms. The van der Waals surface area contributed by atoms with Crippen LogP contribution in [0.15, 0.2) is 24.3 Å². The predicted octanol–water partition coefficient (Wildman–Crippen LogP) is 0.392. The minimum atomic E-state index is -0.950. The van der Waals surface area contributed by atoms with Crippen LogP contribution < -0.4 is 20.7 Å². The topological polar surface area (TPSA) is 159 Å². The number of ether oxygens (including phenoxy) is 3. The highest BCUT2D eigenvalue weighted by molar-refractivity contribution is 5.98. The zero-order valence-corrected chi connectivity index (χ0v) is 25.8. The molecule has 0 radical (unpaired) electrons. The summed E-state index contributed by atoms with van der Waals surface area (Å²) in [5.41, 5.74) is 0.310. The van der Waals surface area contributed by atoms with Crippen molar-refractivity contribution in [2.45, 2.75) is 51.3 Å². The SMILES string of the molecule is COc1ccc(C)cc1.C[C@H](NC(=O)CN1CCOCC1)C(=O)NCC(=O)NC(CC1CCN(C)C1=O)C(=O)[C@@]1(C)CO1.[HH].[HH].[HH]. The highest BCUT2D eigenvalue weighted by Gasteiger charge is 2.51. The van der Waals surface area contributed by atoms with E-state index in [2.05, 4.69) is 22.9 Å². The Labute approximate surface area is 257 Å². The smallest absolute Gasteiger partial charge is 0.242 e. The van der Waals surface area contributed by atoms with Gasteiger partial charge in [-0.25, -0.2) is 0 Å². The third-order valence-corrected chi connectivity index (χ3v) is 7.73. The van der Waals surface area contributed by atoms with Gasteiger partial charge >= 0.3 is 0 Å². The van der Waals surface area contributed by atoms with Crippen LogP contribution in [0.1, 0.15) is 36.5 Å². The van der Waals surface area contributed by atoms with Gasteiger partial charge in [0.05, 0.1) is 46.1 Å². The van der Waals surface area contributed by atoms with Crippen LogP contribution in [0.3, 0.4) is 0 Å². The average Bonchev–Trinajstić information content (AvgIpc) is 3.67. The van der Waals surface area contributed by atoms with Crippen molar-refractivity contribution in [3.8, 4) is 5.75 Å². The number of nitrogens with zero attached hydrogens (tertiary/aromatic N) is 2. The zero-order chi connectivity index (χ0) is 31.6. The molecule has 4 atom stereocenters. The minimum absolute atomic E-state index is 0. The molecular formula is C30H51N5O8. The van der Waals surface area contributed by atoms with Crippen LogP contribution in [0.2, 0.25) is 0 Å². The van der Waals surface area contributed by atoms with Gasteiger partial charge in [0.15, 0.2) is 5.78 Å². The van der Waals surface area contributed by atoms with Crippen molar-refractivity contribution in [2.24, 2.45) is 5.92 Å². The molecule has 13 nitrogen and oxygen atoms in total. The highest BCUT2D eigenvalue weighted by atomic mass is 16.6. The molecule has 244 valence electrons. The van der Waals surface area contributed by atoms with Crippen LogP contribution in [-0.4, -0.2) is 124 Å². The van der Waals surface area contributed by atoms with E-state index in [-0.39, 0.29) is 53.9 Å². The first-order chi connectivity index (χ1) is 20.4. The first-order valence-electron chi connectivity index (χ1n) is 14.6. The van der Waals surface area contributed by atoms with Crippen molar-refractivity contribution in [1.29, 1.82) is 0 Å².